The largest absolute Gasteiger partial charge is 0.388 e. The highest BCUT2D eigenvalue weighted by Gasteiger charge is 2.66. The first-order chi connectivity index (χ1) is 10.5. The van der Waals surface area contributed by atoms with Gasteiger partial charge in [0, 0.05) is 0 Å². The van der Waals surface area contributed by atoms with Gasteiger partial charge in [-0.05, 0) is 94.2 Å². The molecule has 0 aromatic carbocycles. The molecule has 2 fully saturated rings. The van der Waals surface area contributed by atoms with E-state index in [1.807, 2.05) is 0 Å². The van der Waals surface area contributed by atoms with Gasteiger partial charge in [-0.1, -0.05) is 0 Å². The quantitative estimate of drug-likeness (QED) is 0.607. The molecule has 6 heteroatoms. The first-order valence-electron chi connectivity index (χ1n) is 9.30. The summed E-state index contributed by atoms with van der Waals surface area (Å²) in [6, 6.07) is 0. The molecule has 0 amide bonds. The summed E-state index contributed by atoms with van der Waals surface area (Å²) in [5, 5.41) is 0. The van der Waals surface area contributed by atoms with E-state index in [0.717, 1.165) is 25.7 Å². The van der Waals surface area contributed by atoms with E-state index in [1.54, 1.807) is 0 Å². The summed E-state index contributed by atoms with van der Waals surface area (Å²) in [6.45, 7) is 21.7. The Bertz CT molecular complexity index is 405. The molecule has 2 aliphatic heterocycles. The number of hydrogen-bond acceptors (Lipinski definition) is 4. The topological polar surface area (TPSA) is 36.9 Å². The van der Waals surface area contributed by atoms with Gasteiger partial charge in [-0.15, -0.1) is 0 Å². The van der Waals surface area contributed by atoms with Crippen LogP contribution in [0, 0.1) is 0 Å². The maximum Gasteiger partial charge on any atom is 0.382 e. The molecule has 4 nitrogen and oxygen atoms in total. The van der Waals surface area contributed by atoms with Gasteiger partial charge in [0.25, 0.3) is 0 Å². The van der Waals surface area contributed by atoms with Crippen LogP contribution in [-0.4, -0.2) is 38.6 Å². The molecule has 2 saturated heterocycles. The summed E-state index contributed by atoms with van der Waals surface area (Å²) >= 11 is 0. The minimum absolute atomic E-state index is 0.210. The summed E-state index contributed by atoms with van der Waals surface area (Å²) in [4.78, 5) is 0. The van der Waals surface area contributed by atoms with E-state index in [2.05, 4.69) is 68.5 Å². The molecule has 0 radical (unpaired) electrons. The van der Waals surface area contributed by atoms with E-state index >= 15 is 0 Å². The lowest BCUT2D eigenvalue weighted by Crippen LogP contribution is -2.72. The fourth-order valence-corrected chi connectivity index (χ4v) is 14.9. The van der Waals surface area contributed by atoms with E-state index in [4.69, 9.17) is 17.7 Å². The van der Waals surface area contributed by atoms with Crippen LogP contribution in [0.25, 0.3) is 0 Å². The Labute approximate surface area is 150 Å². The molecule has 0 unspecified atom stereocenters. The van der Waals surface area contributed by atoms with Crippen molar-refractivity contribution in [2.45, 2.75) is 117 Å². The van der Waals surface area contributed by atoms with Crippen molar-refractivity contribution in [3.63, 3.8) is 0 Å². The maximum absolute atomic E-state index is 6.73. The Morgan fingerprint density at radius 3 is 0.792 bits per heavy atom. The van der Waals surface area contributed by atoms with Gasteiger partial charge in [0.15, 0.2) is 0 Å². The molecule has 0 aromatic heterocycles. The van der Waals surface area contributed by atoms with Crippen molar-refractivity contribution in [1.29, 1.82) is 0 Å². The summed E-state index contributed by atoms with van der Waals surface area (Å²) in [5.41, 5.74) is -0.841. The second-order valence-corrected chi connectivity index (χ2v) is 20.4. The van der Waals surface area contributed by atoms with E-state index < -0.39 is 16.2 Å². The maximum atomic E-state index is 6.73. The minimum atomic E-state index is -2.70. The molecule has 2 aliphatic rings. The van der Waals surface area contributed by atoms with Crippen LogP contribution in [-0.2, 0) is 17.7 Å². The average Bonchev–Trinajstić information content (AvgIpc) is 2.45. The predicted octanol–water partition coefficient (Wildman–Crippen LogP) is 4.98. The summed E-state index contributed by atoms with van der Waals surface area (Å²) in [6.07, 6.45) is 3.94. The predicted molar refractivity (Wildman–Crippen MR) is 102 cm³/mol. The lowest BCUT2D eigenvalue weighted by Gasteiger charge is -2.47. The van der Waals surface area contributed by atoms with Crippen LogP contribution in [0.1, 0.15) is 81.1 Å². The van der Waals surface area contributed by atoms with Crippen LogP contribution in [0.3, 0.4) is 0 Å². The van der Waals surface area contributed by atoms with Gasteiger partial charge in [0.05, 0.1) is 22.4 Å². The van der Waals surface area contributed by atoms with Crippen LogP contribution in [0.15, 0.2) is 0 Å². The first kappa shape index (κ1) is 20.6. The Kier molecular flexibility index (Phi) is 5.05. The Morgan fingerprint density at radius 2 is 0.625 bits per heavy atom. The second-order valence-electron chi connectivity index (χ2n) is 10.3. The molecule has 0 bridgehead atoms. The van der Waals surface area contributed by atoms with Crippen molar-refractivity contribution in [1.82, 2.24) is 0 Å². The van der Waals surface area contributed by atoms with Crippen LogP contribution in [0.2, 0.25) is 13.1 Å². The monoisotopic (exact) mass is 374 g/mol. The highest BCUT2D eigenvalue weighted by atomic mass is 29.3. The third-order valence-corrected chi connectivity index (χ3v) is 17.0. The smallest absolute Gasteiger partial charge is 0.382 e. The molecule has 0 aliphatic carbocycles. The zero-order chi connectivity index (χ0) is 18.7. The number of rotatable bonds is 1. The van der Waals surface area contributed by atoms with Crippen molar-refractivity contribution in [3.05, 3.63) is 0 Å². The van der Waals surface area contributed by atoms with Crippen LogP contribution in [0.4, 0.5) is 0 Å². The lowest BCUT2D eigenvalue weighted by atomic mass is 9.94. The summed E-state index contributed by atoms with van der Waals surface area (Å²) in [7, 11) is -5.39. The molecule has 0 atom stereocenters. The summed E-state index contributed by atoms with van der Waals surface area (Å²) < 4.78 is 26.9. The Morgan fingerprint density at radius 1 is 0.458 bits per heavy atom. The minimum Gasteiger partial charge on any atom is -0.388 e. The van der Waals surface area contributed by atoms with Crippen molar-refractivity contribution in [2.75, 3.05) is 0 Å². The van der Waals surface area contributed by atoms with Crippen molar-refractivity contribution in [2.24, 2.45) is 0 Å². The third kappa shape index (κ3) is 4.51. The molecular formula is C18H38O4Si2. The van der Waals surface area contributed by atoms with Crippen molar-refractivity contribution >= 4 is 16.2 Å². The molecule has 0 saturated carbocycles. The zero-order valence-corrected chi connectivity index (χ0v) is 19.5. The van der Waals surface area contributed by atoms with Crippen molar-refractivity contribution < 1.29 is 17.7 Å². The molecular weight excluding hydrogens is 336 g/mol. The second kappa shape index (κ2) is 5.89. The first-order valence-corrected chi connectivity index (χ1v) is 14.9. The highest BCUT2D eigenvalue weighted by Crippen LogP contribution is 2.45. The van der Waals surface area contributed by atoms with E-state index in [-0.39, 0.29) is 22.4 Å². The SMILES string of the molecule is CC1(C)CCC(C)(C)O[Si](C)([Si]2(C)OC(C)(C)CCC(C)(C)O2)O1. The highest BCUT2D eigenvalue weighted by molar-refractivity contribution is 7.31. The summed E-state index contributed by atoms with van der Waals surface area (Å²) in [5.74, 6) is 0. The molecule has 2 heterocycles. The van der Waals surface area contributed by atoms with Gasteiger partial charge >= 0.3 is 16.2 Å². The normalized spacial score (nSPS) is 33.2. The fraction of sp³-hybridized carbons (Fsp3) is 1.00. The lowest BCUT2D eigenvalue weighted by molar-refractivity contribution is 0.0139. The van der Waals surface area contributed by atoms with Gasteiger partial charge in [-0.3, -0.25) is 0 Å². The molecule has 0 aromatic rings. The molecule has 142 valence electrons. The standard InChI is InChI=1S/C18H38O4Si2/c1-15(2)11-12-16(3,4)20-23(9,19-15)24(10)21-17(5,6)13-14-18(7,8)22-24/h11-14H2,1-10H3. The van der Waals surface area contributed by atoms with Crippen LogP contribution in [0.5, 0.6) is 0 Å². The van der Waals surface area contributed by atoms with Gasteiger partial charge in [0.1, 0.15) is 0 Å². The van der Waals surface area contributed by atoms with Crippen molar-refractivity contribution in [3.8, 4) is 0 Å². The molecule has 2 rings (SSSR count). The van der Waals surface area contributed by atoms with Gasteiger partial charge < -0.3 is 17.7 Å². The van der Waals surface area contributed by atoms with Gasteiger partial charge in [0.2, 0.25) is 0 Å². The van der Waals surface area contributed by atoms with E-state index in [9.17, 15) is 0 Å². The average molecular weight is 375 g/mol. The number of hydrogen-bond donors (Lipinski definition) is 0. The molecule has 0 N–H and O–H groups in total. The van der Waals surface area contributed by atoms with Crippen LogP contribution >= 0.6 is 0 Å². The fourth-order valence-electron chi connectivity index (χ4n) is 3.93. The third-order valence-electron chi connectivity index (χ3n) is 5.37. The van der Waals surface area contributed by atoms with Gasteiger partial charge in [-0.2, -0.15) is 0 Å². The van der Waals surface area contributed by atoms with Crippen LogP contribution < -0.4 is 0 Å². The molecule has 0 spiro atoms. The molecule has 24 heavy (non-hydrogen) atoms. The van der Waals surface area contributed by atoms with Gasteiger partial charge in [-0.25, -0.2) is 0 Å². The Balaban J connectivity index is 2.49. The Hall–Kier alpha value is 0.274. The van der Waals surface area contributed by atoms with E-state index in [0.29, 0.717) is 0 Å². The zero-order valence-electron chi connectivity index (χ0n) is 17.5. The van der Waals surface area contributed by atoms with E-state index in [1.165, 1.54) is 0 Å².